The largest absolute Gasteiger partial charge is 0.383 e. The summed E-state index contributed by atoms with van der Waals surface area (Å²) in [7, 11) is -1.85. The lowest BCUT2D eigenvalue weighted by Gasteiger charge is -2.05. The van der Waals surface area contributed by atoms with Gasteiger partial charge in [-0.2, -0.15) is 0 Å². The third-order valence-electron chi connectivity index (χ3n) is 2.18. The minimum absolute atomic E-state index is 0.288. The quantitative estimate of drug-likeness (QED) is 0.706. The van der Waals surface area contributed by atoms with Crippen molar-refractivity contribution in [2.45, 2.75) is 30.6 Å². The van der Waals surface area contributed by atoms with Crippen molar-refractivity contribution in [2.24, 2.45) is 0 Å². The highest BCUT2D eigenvalue weighted by atomic mass is 32.2. The van der Waals surface area contributed by atoms with Crippen molar-refractivity contribution in [3.8, 4) is 0 Å². The lowest BCUT2D eigenvalue weighted by Crippen LogP contribution is -2.26. The molecule has 0 amide bonds. The third kappa shape index (κ3) is 5.03. The second kappa shape index (κ2) is 7.20. The van der Waals surface area contributed by atoms with Crippen molar-refractivity contribution in [1.29, 1.82) is 0 Å². The molecule has 0 saturated carbocycles. The number of sulfonamides is 1. The van der Waals surface area contributed by atoms with Crippen LogP contribution in [-0.4, -0.2) is 34.7 Å². The second-order valence-electron chi connectivity index (χ2n) is 4.15. The van der Waals surface area contributed by atoms with E-state index in [2.05, 4.69) is 23.9 Å². The van der Waals surface area contributed by atoms with Crippen LogP contribution < -0.4 is 10.0 Å². The predicted molar refractivity (Wildman–Crippen MR) is 73.4 cm³/mol. The van der Waals surface area contributed by atoms with Gasteiger partial charge in [-0.25, -0.2) is 13.1 Å². The van der Waals surface area contributed by atoms with Gasteiger partial charge in [-0.15, -0.1) is 11.3 Å². The van der Waals surface area contributed by atoms with Crippen molar-refractivity contribution in [2.75, 3.05) is 20.3 Å². The van der Waals surface area contributed by atoms with Crippen molar-refractivity contribution in [3.63, 3.8) is 0 Å². The summed E-state index contributed by atoms with van der Waals surface area (Å²) in [4.78, 5) is 1.01. The Kier molecular flexibility index (Phi) is 6.24. The Morgan fingerprint density at radius 3 is 2.72 bits per heavy atom. The van der Waals surface area contributed by atoms with Crippen molar-refractivity contribution in [3.05, 3.63) is 17.0 Å². The average Bonchev–Trinajstić information content (AvgIpc) is 2.76. The Hall–Kier alpha value is -0.470. The maximum atomic E-state index is 11.9. The first-order valence-corrected chi connectivity index (χ1v) is 8.06. The van der Waals surface area contributed by atoms with Crippen LogP contribution in [0.1, 0.15) is 18.7 Å². The van der Waals surface area contributed by atoms with Gasteiger partial charge in [0.2, 0.25) is 10.0 Å². The Bertz CT molecular complexity index is 455. The Labute approximate surface area is 113 Å². The van der Waals surface area contributed by atoms with Crippen LogP contribution in [0.4, 0.5) is 0 Å². The molecule has 0 saturated heterocycles. The van der Waals surface area contributed by atoms with E-state index in [0.717, 1.165) is 4.88 Å². The summed E-state index contributed by atoms with van der Waals surface area (Å²) in [6, 6.07) is 3.86. The molecular formula is C11H20N2O3S2. The van der Waals surface area contributed by atoms with Crippen LogP contribution in [0.5, 0.6) is 0 Å². The fourth-order valence-electron chi connectivity index (χ4n) is 1.25. The fraction of sp³-hybridized carbons (Fsp3) is 0.636. The Morgan fingerprint density at radius 2 is 2.11 bits per heavy atom. The summed E-state index contributed by atoms with van der Waals surface area (Å²) in [5, 5.41) is 3.25. The fourth-order valence-corrected chi connectivity index (χ4v) is 3.62. The molecule has 18 heavy (non-hydrogen) atoms. The van der Waals surface area contributed by atoms with Crippen LogP contribution in [0, 0.1) is 0 Å². The lowest BCUT2D eigenvalue weighted by atomic mass is 10.4. The summed E-state index contributed by atoms with van der Waals surface area (Å²) in [5.41, 5.74) is 0. The molecule has 1 aromatic rings. The van der Waals surface area contributed by atoms with Crippen LogP contribution in [-0.2, 0) is 21.3 Å². The highest BCUT2D eigenvalue weighted by Crippen LogP contribution is 2.21. The monoisotopic (exact) mass is 292 g/mol. The second-order valence-corrected chi connectivity index (χ2v) is 7.31. The van der Waals surface area contributed by atoms with E-state index < -0.39 is 10.0 Å². The number of ether oxygens (including phenoxy) is 1. The smallest absolute Gasteiger partial charge is 0.250 e. The van der Waals surface area contributed by atoms with Gasteiger partial charge < -0.3 is 10.1 Å². The summed E-state index contributed by atoms with van der Waals surface area (Å²) in [5.74, 6) is 0. The SMILES string of the molecule is COCCNS(=O)(=O)c1ccc(CNC(C)C)s1. The van der Waals surface area contributed by atoms with E-state index in [9.17, 15) is 8.42 Å². The predicted octanol–water partition coefficient (Wildman–Crippen LogP) is 1.17. The Balaban J connectivity index is 2.60. The molecule has 5 nitrogen and oxygen atoms in total. The molecule has 0 bridgehead atoms. The molecule has 1 heterocycles. The van der Waals surface area contributed by atoms with Gasteiger partial charge >= 0.3 is 0 Å². The first kappa shape index (κ1) is 15.6. The molecule has 0 atom stereocenters. The zero-order chi connectivity index (χ0) is 13.6. The van der Waals surface area contributed by atoms with E-state index in [0.29, 0.717) is 23.4 Å². The van der Waals surface area contributed by atoms with E-state index >= 15 is 0 Å². The number of hydrogen-bond acceptors (Lipinski definition) is 5. The van der Waals surface area contributed by atoms with Crippen LogP contribution in [0.25, 0.3) is 0 Å². The molecule has 2 N–H and O–H groups in total. The number of methoxy groups -OCH3 is 1. The average molecular weight is 292 g/mol. The van der Waals surface area contributed by atoms with Gasteiger partial charge in [-0.05, 0) is 12.1 Å². The van der Waals surface area contributed by atoms with Crippen LogP contribution in [0.15, 0.2) is 16.3 Å². The van der Waals surface area contributed by atoms with Gasteiger partial charge in [0.15, 0.2) is 0 Å². The molecule has 0 unspecified atom stereocenters. The van der Waals surface area contributed by atoms with E-state index in [4.69, 9.17) is 4.74 Å². The normalized spacial score (nSPS) is 12.2. The zero-order valence-corrected chi connectivity index (χ0v) is 12.5. The molecule has 104 valence electrons. The molecule has 1 aromatic heterocycles. The molecule has 0 aromatic carbocycles. The lowest BCUT2D eigenvalue weighted by molar-refractivity contribution is 0.204. The first-order chi connectivity index (χ1) is 8.45. The third-order valence-corrected chi connectivity index (χ3v) is 5.22. The number of rotatable bonds is 8. The molecule has 0 spiro atoms. The molecule has 7 heteroatoms. The summed E-state index contributed by atoms with van der Waals surface area (Å²) >= 11 is 1.29. The van der Waals surface area contributed by atoms with E-state index in [1.807, 2.05) is 6.07 Å². The number of thiophene rings is 1. The van der Waals surface area contributed by atoms with Gasteiger partial charge in [-0.3, -0.25) is 0 Å². The molecule has 0 fully saturated rings. The molecule has 0 aliphatic rings. The maximum absolute atomic E-state index is 11.9. The van der Waals surface area contributed by atoms with Gasteiger partial charge in [-0.1, -0.05) is 13.8 Å². The van der Waals surface area contributed by atoms with Crippen LogP contribution >= 0.6 is 11.3 Å². The first-order valence-electron chi connectivity index (χ1n) is 5.76. The highest BCUT2D eigenvalue weighted by Gasteiger charge is 2.15. The van der Waals surface area contributed by atoms with Crippen molar-refractivity contribution < 1.29 is 13.2 Å². The molecule has 1 rings (SSSR count). The molecule has 0 aliphatic carbocycles. The standard InChI is InChI=1S/C11H20N2O3S2/c1-9(2)12-8-10-4-5-11(17-10)18(14,15)13-6-7-16-3/h4-5,9,12-13H,6-8H2,1-3H3. The van der Waals surface area contributed by atoms with E-state index in [1.165, 1.54) is 18.4 Å². The van der Waals surface area contributed by atoms with Gasteiger partial charge in [0, 0.05) is 31.1 Å². The van der Waals surface area contributed by atoms with Gasteiger partial charge in [0.05, 0.1) is 6.61 Å². The zero-order valence-electron chi connectivity index (χ0n) is 10.9. The minimum atomic E-state index is -3.39. The molecule has 0 aliphatic heterocycles. The number of nitrogens with one attached hydrogen (secondary N) is 2. The Morgan fingerprint density at radius 1 is 1.39 bits per heavy atom. The minimum Gasteiger partial charge on any atom is -0.383 e. The van der Waals surface area contributed by atoms with Gasteiger partial charge in [0.25, 0.3) is 0 Å². The molecule has 0 radical (unpaired) electrons. The molecular weight excluding hydrogens is 272 g/mol. The summed E-state index contributed by atoms with van der Waals surface area (Å²) in [6.45, 7) is 5.45. The topological polar surface area (TPSA) is 67.4 Å². The van der Waals surface area contributed by atoms with Crippen molar-refractivity contribution in [1.82, 2.24) is 10.0 Å². The van der Waals surface area contributed by atoms with Crippen LogP contribution in [0.2, 0.25) is 0 Å². The number of hydrogen-bond donors (Lipinski definition) is 2. The van der Waals surface area contributed by atoms with Gasteiger partial charge in [0.1, 0.15) is 4.21 Å². The summed E-state index contributed by atoms with van der Waals surface area (Å²) in [6.07, 6.45) is 0. The highest BCUT2D eigenvalue weighted by molar-refractivity contribution is 7.91. The van der Waals surface area contributed by atoms with E-state index in [-0.39, 0.29) is 6.54 Å². The van der Waals surface area contributed by atoms with Crippen molar-refractivity contribution >= 4 is 21.4 Å². The summed E-state index contributed by atoms with van der Waals surface area (Å²) < 4.78 is 31.4. The van der Waals surface area contributed by atoms with E-state index in [1.54, 1.807) is 6.07 Å². The van der Waals surface area contributed by atoms with Crippen LogP contribution in [0.3, 0.4) is 0 Å². The maximum Gasteiger partial charge on any atom is 0.250 e.